The molecule has 0 aliphatic carbocycles. The van der Waals surface area contributed by atoms with E-state index in [9.17, 15) is 13.2 Å². The average Bonchev–Trinajstić information content (AvgIpc) is 3.35. The van der Waals surface area contributed by atoms with Gasteiger partial charge >= 0.3 is 6.18 Å². The number of aromatic nitrogens is 1. The van der Waals surface area contributed by atoms with Crippen molar-refractivity contribution in [3.63, 3.8) is 0 Å². The van der Waals surface area contributed by atoms with Crippen molar-refractivity contribution in [2.24, 2.45) is 4.99 Å². The molecule has 9 heteroatoms. The Morgan fingerprint density at radius 3 is 2.71 bits per heavy atom. The lowest BCUT2D eigenvalue weighted by molar-refractivity contribution is -0.137. The largest absolute Gasteiger partial charge is 0.476 e. The fourth-order valence-electron chi connectivity index (χ4n) is 3.70. The number of nitrogens with zero attached hydrogens (tertiary/aromatic N) is 4. The zero-order valence-corrected chi connectivity index (χ0v) is 16.2. The number of pyridine rings is 1. The monoisotopic (exact) mass is 399 g/mol. The first-order valence-corrected chi connectivity index (χ1v) is 9.90. The van der Waals surface area contributed by atoms with Crippen LogP contribution in [0.1, 0.15) is 31.7 Å². The van der Waals surface area contributed by atoms with Crippen LogP contribution in [0, 0.1) is 0 Å². The van der Waals surface area contributed by atoms with Crippen molar-refractivity contribution in [2.45, 2.75) is 38.4 Å². The highest BCUT2D eigenvalue weighted by Crippen LogP contribution is 2.29. The molecular weight excluding hydrogens is 371 g/mol. The van der Waals surface area contributed by atoms with Gasteiger partial charge in [0, 0.05) is 37.9 Å². The lowest BCUT2D eigenvalue weighted by Gasteiger charge is -2.25. The number of guanidine groups is 1. The van der Waals surface area contributed by atoms with E-state index in [-0.39, 0.29) is 12.5 Å². The van der Waals surface area contributed by atoms with Crippen LogP contribution in [-0.4, -0.2) is 72.7 Å². The zero-order chi connectivity index (χ0) is 20.0. The van der Waals surface area contributed by atoms with Gasteiger partial charge in [-0.15, -0.1) is 0 Å². The molecule has 3 heterocycles. The molecule has 1 aromatic rings. The second kappa shape index (κ2) is 9.45. The number of aliphatic imine (C=N–C) groups is 1. The van der Waals surface area contributed by atoms with Gasteiger partial charge in [-0.25, -0.2) is 9.98 Å². The minimum absolute atomic E-state index is 0.170. The topological polar surface area (TPSA) is 53.0 Å². The number of likely N-dealkylation sites (tertiary alicyclic amines) is 2. The van der Waals surface area contributed by atoms with Crippen molar-refractivity contribution in [3.8, 4) is 5.88 Å². The SMILES string of the molecule is CCNC(=NCCOc1ccc(C(F)(F)F)cn1)N1CCC(N2CCCC2)C1. The highest BCUT2D eigenvalue weighted by molar-refractivity contribution is 5.80. The summed E-state index contributed by atoms with van der Waals surface area (Å²) in [4.78, 5) is 13.2. The molecule has 2 fully saturated rings. The van der Waals surface area contributed by atoms with Gasteiger partial charge in [-0.1, -0.05) is 0 Å². The van der Waals surface area contributed by atoms with Gasteiger partial charge in [0.05, 0.1) is 12.1 Å². The summed E-state index contributed by atoms with van der Waals surface area (Å²) in [6, 6.07) is 2.80. The number of nitrogens with one attached hydrogen (secondary N) is 1. The Kier molecular flexibility index (Phi) is 6.98. The third-order valence-electron chi connectivity index (χ3n) is 5.12. The number of hydrogen-bond acceptors (Lipinski definition) is 4. The second-order valence-electron chi connectivity index (χ2n) is 7.10. The summed E-state index contributed by atoms with van der Waals surface area (Å²) in [5.74, 6) is 1.04. The van der Waals surface area contributed by atoms with Crippen LogP contribution >= 0.6 is 0 Å². The van der Waals surface area contributed by atoms with E-state index in [0.717, 1.165) is 44.3 Å². The quantitative estimate of drug-likeness (QED) is 0.453. The molecule has 28 heavy (non-hydrogen) atoms. The molecule has 2 aliphatic heterocycles. The van der Waals surface area contributed by atoms with Gasteiger partial charge in [-0.3, -0.25) is 4.90 Å². The van der Waals surface area contributed by atoms with E-state index in [4.69, 9.17) is 4.74 Å². The van der Waals surface area contributed by atoms with E-state index in [1.54, 1.807) is 0 Å². The van der Waals surface area contributed by atoms with Gasteiger partial charge in [0.1, 0.15) is 6.61 Å². The summed E-state index contributed by atoms with van der Waals surface area (Å²) in [5.41, 5.74) is -0.783. The Morgan fingerprint density at radius 1 is 1.29 bits per heavy atom. The van der Waals surface area contributed by atoms with Crippen LogP contribution < -0.4 is 10.1 Å². The third-order valence-corrected chi connectivity index (χ3v) is 5.12. The van der Waals surface area contributed by atoms with Gasteiger partial charge in [-0.2, -0.15) is 13.2 Å². The standard InChI is InChI=1S/C19H28F3N5O/c1-2-23-18(27-11-7-16(14-27)26-9-3-4-10-26)24-8-12-28-17-6-5-15(13-25-17)19(20,21)22/h5-6,13,16H,2-4,7-12,14H2,1H3,(H,23,24). The first kappa shape index (κ1) is 20.7. The van der Waals surface area contributed by atoms with Crippen molar-refractivity contribution in [1.82, 2.24) is 20.1 Å². The molecule has 1 N–H and O–H groups in total. The maximum Gasteiger partial charge on any atom is 0.417 e. The van der Waals surface area contributed by atoms with Crippen molar-refractivity contribution in [2.75, 3.05) is 45.9 Å². The fraction of sp³-hybridized carbons (Fsp3) is 0.684. The van der Waals surface area contributed by atoms with Gasteiger partial charge < -0.3 is 15.0 Å². The molecule has 0 aromatic carbocycles. The van der Waals surface area contributed by atoms with Gasteiger partial charge in [-0.05, 0) is 45.3 Å². The molecule has 1 atom stereocenters. The minimum atomic E-state index is -4.39. The lowest BCUT2D eigenvalue weighted by atomic mass is 10.2. The summed E-state index contributed by atoms with van der Waals surface area (Å²) < 4.78 is 43.1. The lowest BCUT2D eigenvalue weighted by Crippen LogP contribution is -2.42. The van der Waals surface area contributed by atoms with Crippen LogP contribution in [0.25, 0.3) is 0 Å². The smallest absolute Gasteiger partial charge is 0.417 e. The van der Waals surface area contributed by atoms with Crippen molar-refractivity contribution in [1.29, 1.82) is 0 Å². The summed E-state index contributed by atoms with van der Waals surface area (Å²) >= 11 is 0. The van der Waals surface area contributed by atoms with Crippen LogP contribution in [0.15, 0.2) is 23.3 Å². The number of rotatable bonds is 6. The van der Waals surface area contributed by atoms with E-state index >= 15 is 0 Å². The average molecular weight is 399 g/mol. The van der Waals surface area contributed by atoms with Crippen LogP contribution in [0.4, 0.5) is 13.2 Å². The summed E-state index contributed by atoms with van der Waals surface area (Å²) in [6.07, 6.45) is 0.126. The molecule has 1 aromatic heterocycles. The Bertz CT molecular complexity index is 644. The molecule has 0 bridgehead atoms. The molecule has 0 radical (unpaired) electrons. The number of halogens is 3. The predicted octanol–water partition coefficient (Wildman–Crippen LogP) is 2.61. The molecule has 156 valence electrons. The Balaban J connectivity index is 1.48. The highest BCUT2D eigenvalue weighted by Gasteiger charge is 2.31. The van der Waals surface area contributed by atoms with Crippen LogP contribution in [-0.2, 0) is 6.18 Å². The summed E-state index contributed by atoms with van der Waals surface area (Å²) in [6.45, 7) is 7.84. The molecule has 2 aliphatic rings. The maximum absolute atomic E-state index is 12.5. The predicted molar refractivity (Wildman–Crippen MR) is 101 cm³/mol. The van der Waals surface area contributed by atoms with Crippen molar-refractivity contribution >= 4 is 5.96 Å². The summed E-state index contributed by atoms with van der Waals surface area (Å²) in [5, 5.41) is 3.32. The van der Waals surface area contributed by atoms with Crippen molar-refractivity contribution < 1.29 is 17.9 Å². The van der Waals surface area contributed by atoms with Gasteiger partial charge in [0.2, 0.25) is 5.88 Å². The Hall–Kier alpha value is -2.03. The summed E-state index contributed by atoms with van der Waals surface area (Å²) in [7, 11) is 0. The number of alkyl halides is 3. The van der Waals surface area contributed by atoms with E-state index in [2.05, 4.69) is 25.1 Å². The third kappa shape index (κ3) is 5.50. The Morgan fingerprint density at radius 2 is 2.07 bits per heavy atom. The molecule has 6 nitrogen and oxygen atoms in total. The normalized spacial score (nSPS) is 21.4. The zero-order valence-electron chi connectivity index (χ0n) is 16.2. The highest BCUT2D eigenvalue weighted by atomic mass is 19.4. The second-order valence-corrected chi connectivity index (χ2v) is 7.10. The molecule has 0 spiro atoms. The van der Waals surface area contributed by atoms with Gasteiger partial charge in [0.15, 0.2) is 5.96 Å². The number of hydrogen-bond donors (Lipinski definition) is 1. The Labute approximate surface area is 163 Å². The molecule has 2 saturated heterocycles. The van der Waals surface area contributed by atoms with Crippen LogP contribution in [0.5, 0.6) is 5.88 Å². The molecule has 0 amide bonds. The van der Waals surface area contributed by atoms with Crippen LogP contribution in [0.2, 0.25) is 0 Å². The molecule has 0 saturated carbocycles. The van der Waals surface area contributed by atoms with Crippen LogP contribution in [0.3, 0.4) is 0 Å². The fourth-order valence-corrected chi connectivity index (χ4v) is 3.70. The van der Waals surface area contributed by atoms with E-state index in [1.807, 2.05) is 6.92 Å². The first-order valence-electron chi connectivity index (χ1n) is 9.90. The molecular formula is C19H28F3N5O. The van der Waals surface area contributed by atoms with E-state index in [1.165, 1.54) is 32.0 Å². The maximum atomic E-state index is 12.5. The van der Waals surface area contributed by atoms with Gasteiger partial charge in [0.25, 0.3) is 0 Å². The molecule has 3 rings (SSSR count). The van der Waals surface area contributed by atoms with Crippen molar-refractivity contribution in [3.05, 3.63) is 23.9 Å². The van der Waals surface area contributed by atoms with E-state index < -0.39 is 11.7 Å². The minimum Gasteiger partial charge on any atom is -0.476 e. The molecule has 1 unspecified atom stereocenters. The van der Waals surface area contributed by atoms with E-state index in [0.29, 0.717) is 12.6 Å². The number of ether oxygens (including phenoxy) is 1. The first-order chi connectivity index (χ1) is 13.5.